The molecule has 0 aliphatic heterocycles. The van der Waals surface area contributed by atoms with E-state index in [1.807, 2.05) is 0 Å². The molecule has 0 aliphatic carbocycles. The van der Waals surface area contributed by atoms with Gasteiger partial charge in [-0.2, -0.15) is 0 Å². The molecular formula is C14H22FNO3. The van der Waals surface area contributed by atoms with Gasteiger partial charge in [-0.3, -0.25) is 0 Å². The highest BCUT2D eigenvalue weighted by atomic mass is 19.1. The Morgan fingerprint density at radius 3 is 2.68 bits per heavy atom. The summed E-state index contributed by atoms with van der Waals surface area (Å²) >= 11 is 0. The van der Waals surface area contributed by atoms with Gasteiger partial charge < -0.3 is 19.9 Å². The molecule has 0 heterocycles. The number of aliphatic hydroxyl groups is 1. The van der Waals surface area contributed by atoms with Crippen molar-refractivity contribution in [2.75, 3.05) is 20.3 Å². The van der Waals surface area contributed by atoms with Crippen LogP contribution in [0.15, 0.2) is 18.2 Å². The highest BCUT2D eigenvalue weighted by Crippen LogP contribution is 2.18. The largest absolute Gasteiger partial charge is 0.488 e. The van der Waals surface area contributed by atoms with Crippen molar-refractivity contribution in [1.29, 1.82) is 0 Å². The van der Waals surface area contributed by atoms with E-state index in [-0.39, 0.29) is 11.9 Å². The molecule has 5 heteroatoms. The molecule has 0 saturated heterocycles. The second-order valence-electron chi connectivity index (χ2n) is 4.53. The predicted molar refractivity (Wildman–Crippen MR) is 71.8 cm³/mol. The SMILES string of the molecule is COCCNCc1cc(F)cc(OC(C)C(C)O)c1. The van der Waals surface area contributed by atoms with Crippen molar-refractivity contribution >= 4 is 0 Å². The number of hydrogen-bond donors (Lipinski definition) is 2. The molecule has 1 aromatic carbocycles. The maximum Gasteiger partial charge on any atom is 0.127 e. The third kappa shape index (κ3) is 6.00. The number of nitrogens with one attached hydrogen (secondary N) is 1. The fourth-order valence-electron chi connectivity index (χ4n) is 1.51. The van der Waals surface area contributed by atoms with Gasteiger partial charge in [-0.25, -0.2) is 4.39 Å². The van der Waals surface area contributed by atoms with Crippen molar-refractivity contribution in [1.82, 2.24) is 5.32 Å². The molecule has 0 bridgehead atoms. The number of hydrogen-bond acceptors (Lipinski definition) is 4. The molecule has 19 heavy (non-hydrogen) atoms. The first-order valence-corrected chi connectivity index (χ1v) is 6.36. The summed E-state index contributed by atoms with van der Waals surface area (Å²) in [6, 6.07) is 4.54. The van der Waals surface area contributed by atoms with Crippen LogP contribution >= 0.6 is 0 Å². The quantitative estimate of drug-likeness (QED) is 0.707. The van der Waals surface area contributed by atoms with E-state index in [0.717, 1.165) is 5.56 Å². The molecular weight excluding hydrogens is 249 g/mol. The number of benzene rings is 1. The molecule has 2 N–H and O–H groups in total. The van der Waals surface area contributed by atoms with Gasteiger partial charge in [-0.15, -0.1) is 0 Å². The van der Waals surface area contributed by atoms with Gasteiger partial charge in [0.2, 0.25) is 0 Å². The molecule has 0 saturated carbocycles. The van der Waals surface area contributed by atoms with Crippen molar-refractivity contribution in [3.63, 3.8) is 0 Å². The topological polar surface area (TPSA) is 50.7 Å². The van der Waals surface area contributed by atoms with Gasteiger partial charge >= 0.3 is 0 Å². The number of rotatable bonds is 8. The van der Waals surface area contributed by atoms with Gasteiger partial charge in [0.1, 0.15) is 17.7 Å². The zero-order valence-corrected chi connectivity index (χ0v) is 11.6. The summed E-state index contributed by atoms with van der Waals surface area (Å²) in [4.78, 5) is 0. The lowest BCUT2D eigenvalue weighted by atomic mass is 10.2. The molecule has 0 aliphatic rings. The monoisotopic (exact) mass is 271 g/mol. The van der Waals surface area contributed by atoms with Crippen LogP contribution in [0, 0.1) is 5.82 Å². The van der Waals surface area contributed by atoms with E-state index in [9.17, 15) is 9.50 Å². The molecule has 0 fully saturated rings. The Morgan fingerprint density at radius 2 is 2.05 bits per heavy atom. The second-order valence-corrected chi connectivity index (χ2v) is 4.53. The Balaban J connectivity index is 2.60. The van der Waals surface area contributed by atoms with Gasteiger partial charge in [0.15, 0.2) is 0 Å². The fourth-order valence-corrected chi connectivity index (χ4v) is 1.51. The Morgan fingerprint density at radius 1 is 1.32 bits per heavy atom. The molecule has 0 spiro atoms. The first-order chi connectivity index (χ1) is 9.02. The molecule has 1 rings (SSSR count). The highest BCUT2D eigenvalue weighted by Gasteiger charge is 2.11. The zero-order chi connectivity index (χ0) is 14.3. The summed E-state index contributed by atoms with van der Waals surface area (Å²) < 4.78 is 23.9. The standard InChI is InChI=1S/C14H22FNO3/c1-10(17)11(2)19-14-7-12(6-13(15)8-14)9-16-4-5-18-3/h6-8,10-11,16-17H,4-5,9H2,1-3H3. The summed E-state index contributed by atoms with van der Waals surface area (Å²) in [5, 5.41) is 12.5. The Labute approximate surface area is 113 Å². The van der Waals surface area contributed by atoms with E-state index in [1.165, 1.54) is 12.1 Å². The normalized spacial score (nSPS) is 14.2. The minimum atomic E-state index is -0.605. The third-order valence-electron chi connectivity index (χ3n) is 2.74. The van der Waals surface area contributed by atoms with Crippen LogP contribution in [0.25, 0.3) is 0 Å². The molecule has 2 atom stereocenters. The maximum atomic E-state index is 13.5. The van der Waals surface area contributed by atoms with Crippen LogP contribution in [0.5, 0.6) is 5.75 Å². The maximum absolute atomic E-state index is 13.5. The lowest BCUT2D eigenvalue weighted by Gasteiger charge is -2.18. The van der Waals surface area contributed by atoms with Gasteiger partial charge in [-0.1, -0.05) is 0 Å². The van der Waals surface area contributed by atoms with Gasteiger partial charge in [0.05, 0.1) is 12.7 Å². The molecule has 1 aromatic rings. The average Bonchev–Trinajstić information content (AvgIpc) is 2.34. The Bertz CT molecular complexity index is 385. The summed E-state index contributed by atoms with van der Waals surface area (Å²) in [5.41, 5.74) is 0.795. The van der Waals surface area contributed by atoms with Crippen molar-refractivity contribution in [2.45, 2.75) is 32.6 Å². The van der Waals surface area contributed by atoms with Crippen molar-refractivity contribution < 1.29 is 19.0 Å². The predicted octanol–water partition coefficient (Wildman–Crippen LogP) is 1.71. The first-order valence-electron chi connectivity index (χ1n) is 6.36. The number of methoxy groups -OCH3 is 1. The zero-order valence-electron chi connectivity index (χ0n) is 11.6. The van der Waals surface area contributed by atoms with Crippen LogP contribution in [-0.2, 0) is 11.3 Å². The lowest BCUT2D eigenvalue weighted by molar-refractivity contribution is 0.0602. The summed E-state index contributed by atoms with van der Waals surface area (Å²) in [7, 11) is 1.63. The number of halogens is 1. The summed E-state index contributed by atoms with van der Waals surface area (Å²) in [6.07, 6.45) is -0.984. The molecule has 2 unspecified atom stereocenters. The first kappa shape index (κ1) is 15.9. The van der Waals surface area contributed by atoms with Crippen LogP contribution in [0.2, 0.25) is 0 Å². The highest BCUT2D eigenvalue weighted by molar-refractivity contribution is 5.29. The van der Waals surface area contributed by atoms with Crippen LogP contribution < -0.4 is 10.1 Å². The molecule has 0 amide bonds. The van der Waals surface area contributed by atoms with Crippen molar-refractivity contribution in [3.05, 3.63) is 29.6 Å². The van der Waals surface area contributed by atoms with E-state index < -0.39 is 6.10 Å². The molecule has 4 nitrogen and oxygen atoms in total. The van der Waals surface area contributed by atoms with Crippen molar-refractivity contribution in [3.8, 4) is 5.75 Å². The average molecular weight is 271 g/mol. The van der Waals surface area contributed by atoms with Gasteiger partial charge in [-0.05, 0) is 31.5 Å². The van der Waals surface area contributed by atoms with Crippen LogP contribution in [0.3, 0.4) is 0 Å². The summed E-state index contributed by atoms with van der Waals surface area (Å²) in [5.74, 6) is 0.0794. The van der Waals surface area contributed by atoms with Gasteiger partial charge in [0.25, 0.3) is 0 Å². The smallest absolute Gasteiger partial charge is 0.127 e. The third-order valence-corrected chi connectivity index (χ3v) is 2.74. The van der Waals surface area contributed by atoms with E-state index in [1.54, 1.807) is 27.0 Å². The lowest BCUT2D eigenvalue weighted by Crippen LogP contribution is -2.25. The Hall–Kier alpha value is -1.17. The minimum absolute atomic E-state index is 0.348. The van der Waals surface area contributed by atoms with Crippen molar-refractivity contribution in [2.24, 2.45) is 0 Å². The van der Waals surface area contributed by atoms with E-state index in [2.05, 4.69) is 5.32 Å². The van der Waals surface area contributed by atoms with Crippen LogP contribution in [-0.4, -0.2) is 37.6 Å². The molecule has 0 radical (unpaired) electrons. The fraction of sp³-hybridized carbons (Fsp3) is 0.571. The minimum Gasteiger partial charge on any atom is -0.488 e. The van der Waals surface area contributed by atoms with Crippen LogP contribution in [0.4, 0.5) is 4.39 Å². The molecule has 0 aromatic heterocycles. The number of aliphatic hydroxyl groups excluding tert-OH is 1. The van der Waals surface area contributed by atoms with E-state index in [4.69, 9.17) is 9.47 Å². The van der Waals surface area contributed by atoms with Crippen LogP contribution in [0.1, 0.15) is 19.4 Å². The number of ether oxygens (including phenoxy) is 2. The van der Waals surface area contributed by atoms with E-state index >= 15 is 0 Å². The van der Waals surface area contributed by atoms with Gasteiger partial charge in [0, 0.05) is 26.3 Å². The summed E-state index contributed by atoms with van der Waals surface area (Å²) in [6.45, 7) is 5.23. The second kappa shape index (κ2) is 8.09. The van der Waals surface area contributed by atoms with E-state index in [0.29, 0.717) is 25.4 Å². The molecule has 108 valence electrons. The Kier molecular flexibility index (Phi) is 6.77.